The molecular formula is C29H48O2. The van der Waals surface area contributed by atoms with Gasteiger partial charge in [0.15, 0.2) is 0 Å². The summed E-state index contributed by atoms with van der Waals surface area (Å²) in [6, 6.07) is 0. The highest BCUT2D eigenvalue weighted by atomic mass is 16.3. The number of hydrogen-bond acceptors (Lipinski definition) is 2. The number of fused-ring (bicyclic) bond motifs is 5. The van der Waals surface area contributed by atoms with Crippen molar-refractivity contribution in [3.05, 3.63) is 24.0 Å². The molecule has 2 N–H and O–H groups in total. The van der Waals surface area contributed by atoms with Crippen LogP contribution in [0.15, 0.2) is 24.0 Å². The van der Waals surface area contributed by atoms with Crippen molar-refractivity contribution < 1.29 is 10.2 Å². The van der Waals surface area contributed by atoms with Crippen LogP contribution in [0.4, 0.5) is 0 Å². The van der Waals surface area contributed by atoms with Gasteiger partial charge < -0.3 is 10.2 Å². The molecule has 31 heavy (non-hydrogen) atoms. The van der Waals surface area contributed by atoms with Crippen molar-refractivity contribution >= 4 is 0 Å². The zero-order valence-corrected chi connectivity index (χ0v) is 20.9. The summed E-state index contributed by atoms with van der Waals surface area (Å²) in [7, 11) is 0. The van der Waals surface area contributed by atoms with E-state index in [4.69, 9.17) is 0 Å². The molecule has 0 unspecified atom stereocenters. The fourth-order valence-electron chi connectivity index (χ4n) is 9.32. The molecule has 176 valence electrons. The quantitative estimate of drug-likeness (QED) is 0.334. The van der Waals surface area contributed by atoms with E-state index in [1.807, 2.05) is 0 Å². The van der Waals surface area contributed by atoms with Gasteiger partial charge in [0.05, 0.1) is 12.4 Å². The standard InChI is InChI=1S/C29H48O2/c1-20(2)7-6-8-21(3)24-9-10-25-28(24,5)15-13-26-27(4)14-12-23(31)19-22(27)11-16-29(25,26)17-18-30/h11,17-18,20-21,23-26,30-31H,6-10,12-16,19H2,1-5H3/t21-,23+,24-,25-,26-,27+,28-,29+/m1/s1. The lowest BCUT2D eigenvalue weighted by atomic mass is 9.41. The van der Waals surface area contributed by atoms with E-state index in [2.05, 4.69) is 46.8 Å². The summed E-state index contributed by atoms with van der Waals surface area (Å²) in [6.45, 7) is 12.3. The van der Waals surface area contributed by atoms with Gasteiger partial charge in [-0.1, -0.05) is 65.5 Å². The van der Waals surface area contributed by atoms with Crippen LogP contribution in [-0.4, -0.2) is 16.3 Å². The van der Waals surface area contributed by atoms with Crippen molar-refractivity contribution in [3.63, 3.8) is 0 Å². The Morgan fingerprint density at radius 2 is 1.81 bits per heavy atom. The molecule has 0 aliphatic heterocycles. The number of allylic oxidation sites excluding steroid dienone is 2. The number of hydrogen-bond donors (Lipinski definition) is 2. The first kappa shape index (κ1) is 23.4. The third-order valence-electron chi connectivity index (χ3n) is 10.8. The van der Waals surface area contributed by atoms with Crippen molar-refractivity contribution in [3.8, 4) is 0 Å². The Bertz CT molecular complexity index is 708. The molecule has 0 saturated heterocycles. The number of aliphatic hydroxyl groups excluding tert-OH is 2. The molecule has 0 spiro atoms. The highest BCUT2D eigenvalue weighted by molar-refractivity contribution is 5.31. The fourth-order valence-corrected chi connectivity index (χ4v) is 9.32. The summed E-state index contributed by atoms with van der Waals surface area (Å²) >= 11 is 0. The summed E-state index contributed by atoms with van der Waals surface area (Å²) in [6.07, 6.45) is 19.3. The van der Waals surface area contributed by atoms with Gasteiger partial charge in [0.2, 0.25) is 0 Å². The van der Waals surface area contributed by atoms with E-state index < -0.39 is 0 Å². The molecule has 0 aromatic rings. The van der Waals surface area contributed by atoms with Crippen LogP contribution in [0.3, 0.4) is 0 Å². The van der Waals surface area contributed by atoms with Crippen LogP contribution in [0.2, 0.25) is 0 Å². The van der Waals surface area contributed by atoms with Gasteiger partial charge in [-0.15, -0.1) is 0 Å². The van der Waals surface area contributed by atoms with Gasteiger partial charge in [-0.2, -0.15) is 0 Å². The first-order valence-corrected chi connectivity index (χ1v) is 13.4. The zero-order valence-electron chi connectivity index (χ0n) is 20.9. The topological polar surface area (TPSA) is 40.5 Å². The van der Waals surface area contributed by atoms with Gasteiger partial charge in [0, 0.05) is 5.41 Å². The first-order valence-electron chi connectivity index (χ1n) is 13.4. The minimum Gasteiger partial charge on any atom is -0.516 e. The smallest absolute Gasteiger partial charge is 0.0757 e. The van der Waals surface area contributed by atoms with Crippen LogP contribution in [0.25, 0.3) is 0 Å². The highest BCUT2D eigenvalue weighted by Gasteiger charge is 2.64. The Balaban J connectivity index is 1.63. The average Bonchev–Trinajstić information content (AvgIpc) is 3.07. The van der Waals surface area contributed by atoms with Crippen LogP contribution in [0.1, 0.15) is 105 Å². The van der Waals surface area contributed by atoms with E-state index in [0.29, 0.717) is 17.3 Å². The largest absolute Gasteiger partial charge is 0.516 e. The molecule has 0 aromatic heterocycles. The van der Waals surface area contributed by atoms with E-state index in [9.17, 15) is 10.2 Å². The Morgan fingerprint density at radius 1 is 1.03 bits per heavy atom. The van der Waals surface area contributed by atoms with Crippen LogP contribution < -0.4 is 0 Å². The monoisotopic (exact) mass is 428 g/mol. The molecule has 3 saturated carbocycles. The molecule has 8 atom stereocenters. The fraction of sp³-hybridized carbons (Fsp3) is 0.862. The average molecular weight is 429 g/mol. The molecule has 2 heteroatoms. The molecule has 4 rings (SSSR count). The van der Waals surface area contributed by atoms with Gasteiger partial charge in [0.1, 0.15) is 0 Å². The summed E-state index contributed by atoms with van der Waals surface area (Å²) in [5.74, 6) is 3.70. The Labute approximate surface area is 191 Å². The minimum atomic E-state index is -0.156. The normalized spacial score (nSPS) is 45.8. The predicted octanol–water partition coefficient (Wildman–Crippen LogP) is 7.83. The van der Waals surface area contributed by atoms with E-state index in [-0.39, 0.29) is 16.9 Å². The summed E-state index contributed by atoms with van der Waals surface area (Å²) in [5.41, 5.74) is 2.19. The van der Waals surface area contributed by atoms with Crippen LogP contribution in [-0.2, 0) is 0 Å². The van der Waals surface area contributed by atoms with E-state index >= 15 is 0 Å². The van der Waals surface area contributed by atoms with Gasteiger partial charge >= 0.3 is 0 Å². The van der Waals surface area contributed by atoms with Gasteiger partial charge in [-0.05, 0) is 97.9 Å². The van der Waals surface area contributed by atoms with Crippen molar-refractivity contribution in [1.82, 2.24) is 0 Å². The Hall–Kier alpha value is -0.760. The Morgan fingerprint density at radius 3 is 2.52 bits per heavy atom. The third-order valence-corrected chi connectivity index (χ3v) is 10.8. The van der Waals surface area contributed by atoms with Crippen LogP contribution in [0, 0.1) is 45.8 Å². The van der Waals surface area contributed by atoms with E-state index in [1.54, 1.807) is 0 Å². The second-order valence-corrected chi connectivity index (χ2v) is 12.8. The zero-order chi connectivity index (χ0) is 22.4. The SMILES string of the molecule is CC(C)CCC[C@@H](C)[C@H]1CC[C@@H]2[C@]1(C)CC[C@H]1[C@]2(C=CO)CC=C2C[C@@H](O)CC[C@@]21C. The van der Waals surface area contributed by atoms with E-state index in [0.717, 1.165) is 43.4 Å². The maximum Gasteiger partial charge on any atom is 0.0757 e. The maximum absolute atomic E-state index is 10.3. The molecule has 4 aliphatic carbocycles. The maximum atomic E-state index is 10.3. The van der Waals surface area contributed by atoms with Crippen molar-refractivity contribution in [2.75, 3.05) is 0 Å². The lowest BCUT2D eigenvalue weighted by Gasteiger charge is -2.63. The molecule has 2 nitrogen and oxygen atoms in total. The van der Waals surface area contributed by atoms with Gasteiger partial charge in [-0.25, -0.2) is 0 Å². The second-order valence-electron chi connectivity index (χ2n) is 12.8. The van der Waals surface area contributed by atoms with Crippen LogP contribution >= 0.6 is 0 Å². The molecule has 4 aliphatic rings. The second kappa shape index (κ2) is 8.54. The molecule has 0 amide bonds. The third kappa shape index (κ3) is 3.73. The molecular weight excluding hydrogens is 380 g/mol. The van der Waals surface area contributed by atoms with Crippen molar-refractivity contribution in [2.24, 2.45) is 45.8 Å². The van der Waals surface area contributed by atoms with E-state index in [1.165, 1.54) is 56.8 Å². The summed E-state index contributed by atoms with van der Waals surface area (Å²) in [5, 5.41) is 20.4. The highest BCUT2D eigenvalue weighted by Crippen LogP contribution is 2.72. The van der Waals surface area contributed by atoms with Crippen molar-refractivity contribution in [2.45, 2.75) is 111 Å². The molecule has 3 fully saturated rings. The van der Waals surface area contributed by atoms with Gasteiger partial charge in [-0.3, -0.25) is 0 Å². The molecule has 0 bridgehead atoms. The number of rotatable bonds is 6. The molecule has 0 aromatic carbocycles. The number of aliphatic hydroxyl groups is 2. The first-order chi connectivity index (χ1) is 14.7. The lowest BCUT2D eigenvalue weighted by molar-refractivity contribution is -0.0985. The van der Waals surface area contributed by atoms with Gasteiger partial charge in [0.25, 0.3) is 0 Å². The van der Waals surface area contributed by atoms with Crippen molar-refractivity contribution in [1.29, 1.82) is 0 Å². The summed E-state index contributed by atoms with van der Waals surface area (Å²) in [4.78, 5) is 0. The lowest BCUT2D eigenvalue weighted by Crippen LogP contribution is -2.56. The summed E-state index contributed by atoms with van der Waals surface area (Å²) < 4.78 is 0. The minimum absolute atomic E-state index is 0.0920. The predicted molar refractivity (Wildman–Crippen MR) is 130 cm³/mol. The molecule has 0 heterocycles. The van der Waals surface area contributed by atoms with Crippen LogP contribution in [0.5, 0.6) is 0 Å². The Kier molecular flexibility index (Phi) is 6.45. The molecule has 0 radical (unpaired) electrons.